The molecule has 158 valence electrons. The fourth-order valence-electron chi connectivity index (χ4n) is 3.38. The number of hydrogen-bond acceptors (Lipinski definition) is 5. The van der Waals surface area contributed by atoms with Crippen LogP contribution in [-0.4, -0.2) is 43.0 Å². The highest BCUT2D eigenvalue weighted by Gasteiger charge is 2.40. The number of imide groups is 1. The summed E-state index contributed by atoms with van der Waals surface area (Å²) in [6.45, 7) is 1.80. The molecule has 1 aliphatic heterocycles. The van der Waals surface area contributed by atoms with Gasteiger partial charge in [-0.2, -0.15) is 0 Å². The molecule has 1 saturated heterocycles. The van der Waals surface area contributed by atoms with Crippen molar-refractivity contribution in [2.75, 3.05) is 19.5 Å². The molecule has 0 spiro atoms. The lowest BCUT2D eigenvalue weighted by atomic mass is 10.1. The lowest BCUT2D eigenvalue weighted by molar-refractivity contribution is -0.129. The average Bonchev–Trinajstić information content (AvgIpc) is 3.05. The van der Waals surface area contributed by atoms with Crippen molar-refractivity contribution >= 4 is 23.5 Å². The van der Waals surface area contributed by atoms with Crippen LogP contribution in [0.15, 0.2) is 48.5 Å². The molecule has 0 bridgehead atoms. The van der Waals surface area contributed by atoms with E-state index in [1.165, 1.54) is 12.0 Å². The van der Waals surface area contributed by atoms with Crippen molar-refractivity contribution in [1.29, 1.82) is 0 Å². The van der Waals surface area contributed by atoms with Crippen molar-refractivity contribution in [3.8, 4) is 11.5 Å². The van der Waals surface area contributed by atoms with Gasteiger partial charge in [-0.1, -0.05) is 30.3 Å². The topological polar surface area (TPSA) is 97.0 Å². The van der Waals surface area contributed by atoms with Crippen molar-refractivity contribution in [3.05, 3.63) is 54.1 Å². The van der Waals surface area contributed by atoms with Crippen molar-refractivity contribution < 1.29 is 23.9 Å². The number of carbonyl (C=O) groups excluding carboxylic acids is 3. The summed E-state index contributed by atoms with van der Waals surface area (Å²) in [7, 11) is 3.04. The van der Waals surface area contributed by atoms with Crippen molar-refractivity contribution in [2.24, 2.45) is 0 Å². The number of anilines is 1. The van der Waals surface area contributed by atoms with Gasteiger partial charge in [0.15, 0.2) is 0 Å². The maximum absolute atomic E-state index is 12.7. The van der Waals surface area contributed by atoms with Crippen LogP contribution in [-0.2, 0) is 9.59 Å². The highest BCUT2D eigenvalue weighted by atomic mass is 16.5. The van der Waals surface area contributed by atoms with E-state index in [9.17, 15) is 14.4 Å². The average molecular weight is 411 g/mol. The standard InChI is InChI=1S/C22H25N3O5/c1-14(15-7-5-4-6-8-15)25-21(27)18(24-22(25)28)11-12-20(26)23-17-10-9-16(29-2)13-19(17)30-3/h4-10,13-14,18H,11-12H2,1-3H3,(H,23,26)(H,24,28). The van der Waals surface area contributed by atoms with E-state index in [1.807, 2.05) is 30.3 Å². The third-order valence-corrected chi connectivity index (χ3v) is 5.06. The number of nitrogens with one attached hydrogen (secondary N) is 2. The number of carbonyl (C=O) groups is 3. The van der Waals surface area contributed by atoms with E-state index in [2.05, 4.69) is 10.6 Å². The van der Waals surface area contributed by atoms with Gasteiger partial charge >= 0.3 is 6.03 Å². The molecular formula is C22H25N3O5. The molecule has 0 saturated carbocycles. The molecular weight excluding hydrogens is 386 g/mol. The predicted molar refractivity (Wildman–Crippen MR) is 111 cm³/mol. The van der Waals surface area contributed by atoms with Crippen molar-refractivity contribution in [2.45, 2.75) is 31.8 Å². The van der Waals surface area contributed by atoms with Gasteiger partial charge in [0.1, 0.15) is 17.5 Å². The molecule has 2 atom stereocenters. The van der Waals surface area contributed by atoms with Crippen LogP contribution in [0.5, 0.6) is 11.5 Å². The molecule has 2 aromatic carbocycles. The number of urea groups is 1. The molecule has 0 aromatic heterocycles. The van der Waals surface area contributed by atoms with Crippen LogP contribution >= 0.6 is 0 Å². The minimum Gasteiger partial charge on any atom is -0.497 e. The molecule has 0 aliphatic carbocycles. The maximum Gasteiger partial charge on any atom is 0.325 e. The first-order chi connectivity index (χ1) is 14.4. The first-order valence-corrected chi connectivity index (χ1v) is 9.65. The molecule has 1 heterocycles. The Morgan fingerprint density at radius 1 is 1.13 bits per heavy atom. The lowest BCUT2D eigenvalue weighted by Crippen LogP contribution is -2.34. The van der Waals surface area contributed by atoms with E-state index in [4.69, 9.17) is 9.47 Å². The second kappa shape index (κ2) is 9.30. The Bertz CT molecular complexity index is 932. The van der Waals surface area contributed by atoms with E-state index >= 15 is 0 Å². The van der Waals surface area contributed by atoms with E-state index in [0.717, 1.165) is 5.56 Å². The minimum absolute atomic E-state index is 0.0689. The van der Waals surface area contributed by atoms with Crippen LogP contribution < -0.4 is 20.1 Å². The molecule has 2 aromatic rings. The fourth-order valence-corrected chi connectivity index (χ4v) is 3.38. The van der Waals surface area contributed by atoms with Gasteiger partial charge in [0.2, 0.25) is 5.91 Å². The molecule has 1 fully saturated rings. The molecule has 3 rings (SSSR count). The second-order valence-electron chi connectivity index (χ2n) is 6.95. The first kappa shape index (κ1) is 21.2. The Morgan fingerprint density at radius 2 is 1.87 bits per heavy atom. The molecule has 1 aliphatic rings. The van der Waals surface area contributed by atoms with Crippen molar-refractivity contribution in [1.82, 2.24) is 10.2 Å². The van der Waals surface area contributed by atoms with Crippen molar-refractivity contribution in [3.63, 3.8) is 0 Å². The Labute approximate surface area is 175 Å². The Hall–Kier alpha value is -3.55. The lowest BCUT2D eigenvalue weighted by Gasteiger charge is -2.21. The van der Waals surface area contributed by atoms with Gasteiger partial charge in [-0.05, 0) is 31.0 Å². The van der Waals surface area contributed by atoms with E-state index < -0.39 is 12.1 Å². The first-order valence-electron chi connectivity index (χ1n) is 9.65. The maximum atomic E-state index is 12.7. The summed E-state index contributed by atoms with van der Waals surface area (Å²) in [4.78, 5) is 38.7. The van der Waals surface area contributed by atoms with Gasteiger partial charge in [-0.15, -0.1) is 0 Å². The molecule has 8 nitrogen and oxygen atoms in total. The third-order valence-electron chi connectivity index (χ3n) is 5.06. The smallest absolute Gasteiger partial charge is 0.325 e. The SMILES string of the molecule is COc1ccc(NC(=O)CCC2NC(=O)N(C(C)c3ccccc3)C2=O)c(OC)c1. The Morgan fingerprint density at radius 3 is 2.53 bits per heavy atom. The second-order valence-corrected chi connectivity index (χ2v) is 6.95. The quantitative estimate of drug-likeness (QED) is 0.651. The number of rotatable bonds is 8. The molecule has 30 heavy (non-hydrogen) atoms. The summed E-state index contributed by atoms with van der Waals surface area (Å²) in [5.41, 5.74) is 1.37. The molecule has 4 amide bonds. The largest absolute Gasteiger partial charge is 0.497 e. The summed E-state index contributed by atoms with van der Waals surface area (Å²) in [6.07, 6.45) is 0.270. The molecule has 2 N–H and O–H groups in total. The fraction of sp³-hybridized carbons (Fsp3) is 0.318. The van der Waals surface area contributed by atoms with Gasteiger partial charge in [-0.3, -0.25) is 14.5 Å². The summed E-state index contributed by atoms with van der Waals surface area (Å²) < 4.78 is 10.4. The van der Waals surface area contributed by atoms with Gasteiger partial charge in [0.25, 0.3) is 5.91 Å². The number of nitrogens with zero attached hydrogens (tertiary/aromatic N) is 1. The molecule has 8 heteroatoms. The van der Waals surface area contributed by atoms with E-state index in [1.54, 1.807) is 32.2 Å². The summed E-state index contributed by atoms with van der Waals surface area (Å²) >= 11 is 0. The third kappa shape index (κ3) is 4.53. The van der Waals surface area contributed by atoms with Crippen LogP contribution in [0.25, 0.3) is 0 Å². The highest BCUT2D eigenvalue weighted by molar-refractivity contribution is 6.05. The van der Waals surface area contributed by atoms with E-state index in [0.29, 0.717) is 17.2 Å². The number of ether oxygens (including phenoxy) is 2. The Balaban J connectivity index is 1.59. The number of methoxy groups -OCH3 is 2. The van der Waals surface area contributed by atoms with E-state index in [-0.39, 0.29) is 30.7 Å². The number of benzene rings is 2. The van der Waals surface area contributed by atoms with Crippen LogP contribution in [0.2, 0.25) is 0 Å². The number of amides is 4. The van der Waals surface area contributed by atoms with Crippen LogP contribution in [0.3, 0.4) is 0 Å². The number of hydrogen-bond donors (Lipinski definition) is 2. The molecule has 2 unspecified atom stereocenters. The van der Waals surface area contributed by atoms with Crippen LogP contribution in [0.4, 0.5) is 10.5 Å². The van der Waals surface area contributed by atoms with Gasteiger partial charge in [0, 0.05) is 12.5 Å². The zero-order valence-electron chi connectivity index (χ0n) is 17.2. The summed E-state index contributed by atoms with van der Waals surface area (Å²) in [6, 6.07) is 12.8. The van der Waals surface area contributed by atoms with Gasteiger partial charge in [-0.25, -0.2) is 4.79 Å². The summed E-state index contributed by atoms with van der Waals surface area (Å²) in [5, 5.41) is 5.44. The molecule has 0 radical (unpaired) electrons. The zero-order chi connectivity index (χ0) is 21.7. The van der Waals surface area contributed by atoms with Gasteiger partial charge < -0.3 is 20.1 Å². The predicted octanol–water partition coefficient (Wildman–Crippen LogP) is 3.10. The normalized spacial score (nSPS) is 16.8. The monoisotopic (exact) mass is 411 g/mol. The van der Waals surface area contributed by atoms with Crippen LogP contribution in [0, 0.1) is 0 Å². The highest BCUT2D eigenvalue weighted by Crippen LogP contribution is 2.29. The zero-order valence-corrected chi connectivity index (χ0v) is 17.2. The van der Waals surface area contributed by atoms with Gasteiger partial charge in [0.05, 0.1) is 25.9 Å². The Kier molecular flexibility index (Phi) is 6.56. The summed E-state index contributed by atoms with van der Waals surface area (Å²) in [5.74, 6) is 0.466. The van der Waals surface area contributed by atoms with Crippen LogP contribution in [0.1, 0.15) is 31.4 Å². The minimum atomic E-state index is -0.729.